The van der Waals surface area contributed by atoms with Gasteiger partial charge in [-0.05, 0) is 30.3 Å². The number of hydrogen-bond acceptors (Lipinski definition) is 7. The first kappa shape index (κ1) is 18.1. The van der Waals surface area contributed by atoms with E-state index in [-0.39, 0.29) is 12.5 Å². The first-order chi connectivity index (χ1) is 13.7. The minimum Gasteiger partial charge on any atom is -0.493 e. The predicted molar refractivity (Wildman–Crippen MR) is 106 cm³/mol. The highest BCUT2D eigenvalue weighted by atomic mass is 32.1. The van der Waals surface area contributed by atoms with Crippen LogP contribution in [0.3, 0.4) is 0 Å². The molecule has 1 aromatic heterocycles. The zero-order chi connectivity index (χ0) is 19.3. The Labute approximate surface area is 165 Å². The molecule has 1 N–H and O–H groups in total. The molecule has 4 rings (SSSR count). The van der Waals surface area contributed by atoms with Crippen molar-refractivity contribution in [3.05, 3.63) is 47.8 Å². The van der Waals surface area contributed by atoms with Crippen molar-refractivity contribution in [2.45, 2.75) is 0 Å². The number of ether oxygens (including phenoxy) is 4. The average molecular weight is 398 g/mol. The van der Waals surface area contributed by atoms with Crippen molar-refractivity contribution >= 4 is 22.4 Å². The fourth-order valence-electron chi connectivity index (χ4n) is 2.70. The molecule has 7 nitrogen and oxygen atoms in total. The van der Waals surface area contributed by atoms with Gasteiger partial charge < -0.3 is 18.9 Å². The van der Waals surface area contributed by atoms with Gasteiger partial charge in [0.2, 0.25) is 0 Å². The van der Waals surface area contributed by atoms with Crippen LogP contribution < -0.4 is 24.3 Å². The van der Waals surface area contributed by atoms with Crippen LogP contribution >= 0.6 is 11.3 Å². The molecule has 0 fully saturated rings. The van der Waals surface area contributed by atoms with Gasteiger partial charge in [0.15, 0.2) is 34.7 Å². The number of thiazole rings is 1. The van der Waals surface area contributed by atoms with Crippen molar-refractivity contribution in [3.8, 4) is 34.3 Å². The lowest BCUT2D eigenvalue weighted by atomic mass is 10.1. The van der Waals surface area contributed by atoms with Crippen LogP contribution in [-0.4, -0.2) is 37.8 Å². The number of benzene rings is 2. The van der Waals surface area contributed by atoms with Crippen molar-refractivity contribution in [2.24, 2.45) is 0 Å². The van der Waals surface area contributed by atoms with E-state index in [1.165, 1.54) is 11.3 Å². The number of anilines is 1. The standard InChI is InChI=1S/C20H18N2O5S/c1-24-15-4-2-3-5-16(15)27-11-19(23)22-20-21-14(12-28-20)13-6-7-17-18(10-13)26-9-8-25-17/h2-7,10,12H,8-9,11H2,1H3,(H,21,22,23). The number of carbonyl (C=O) groups excluding carboxylic acids is 1. The summed E-state index contributed by atoms with van der Waals surface area (Å²) < 4.78 is 21.9. The lowest BCUT2D eigenvalue weighted by molar-refractivity contribution is -0.118. The Kier molecular flexibility index (Phi) is 5.29. The van der Waals surface area contributed by atoms with Crippen molar-refractivity contribution in [3.63, 3.8) is 0 Å². The van der Waals surface area contributed by atoms with E-state index in [4.69, 9.17) is 18.9 Å². The monoisotopic (exact) mass is 398 g/mol. The third-order valence-electron chi connectivity index (χ3n) is 4.02. The normalized spacial score (nSPS) is 12.3. The van der Waals surface area contributed by atoms with Gasteiger partial charge in [-0.3, -0.25) is 10.1 Å². The largest absolute Gasteiger partial charge is 0.493 e. The van der Waals surface area contributed by atoms with E-state index < -0.39 is 0 Å². The van der Waals surface area contributed by atoms with E-state index in [1.807, 2.05) is 35.7 Å². The summed E-state index contributed by atoms with van der Waals surface area (Å²) >= 11 is 1.34. The number of fused-ring (bicyclic) bond motifs is 1. The molecule has 2 aromatic carbocycles. The third kappa shape index (κ3) is 4.01. The van der Waals surface area contributed by atoms with Crippen LogP contribution in [0.25, 0.3) is 11.3 Å². The maximum Gasteiger partial charge on any atom is 0.264 e. The first-order valence-electron chi connectivity index (χ1n) is 8.64. The van der Waals surface area contributed by atoms with Gasteiger partial charge in [0, 0.05) is 10.9 Å². The molecule has 0 saturated carbocycles. The van der Waals surface area contributed by atoms with E-state index in [9.17, 15) is 4.79 Å². The number of rotatable bonds is 6. The number of amides is 1. The molecule has 144 valence electrons. The van der Waals surface area contributed by atoms with Crippen LogP contribution in [-0.2, 0) is 4.79 Å². The molecule has 8 heteroatoms. The topological polar surface area (TPSA) is 78.9 Å². The van der Waals surface area contributed by atoms with Crippen LogP contribution in [0.1, 0.15) is 0 Å². The fraction of sp³-hybridized carbons (Fsp3) is 0.200. The molecule has 2 heterocycles. The minimum absolute atomic E-state index is 0.140. The highest BCUT2D eigenvalue weighted by Crippen LogP contribution is 2.35. The number of methoxy groups -OCH3 is 1. The van der Waals surface area contributed by atoms with Crippen LogP contribution in [0.5, 0.6) is 23.0 Å². The SMILES string of the molecule is COc1ccccc1OCC(=O)Nc1nc(-c2ccc3c(c2)OCCO3)cs1. The quantitative estimate of drug-likeness (QED) is 0.683. The van der Waals surface area contributed by atoms with Crippen molar-refractivity contribution in [2.75, 3.05) is 32.2 Å². The van der Waals surface area contributed by atoms with Crippen molar-refractivity contribution < 1.29 is 23.7 Å². The molecular weight excluding hydrogens is 380 g/mol. The Morgan fingerprint density at radius 3 is 2.75 bits per heavy atom. The summed E-state index contributed by atoms with van der Waals surface area (Å²) in [6.07, 6.45) is 0. The highest BCUT2D eigenvalue weighted by molar-refractivity contribution is 7.14. The molecule has 0 atom stereocenters. The van der Waals surface area contributed by atoms with E-state index in [2.05, 4.69) is 10.3 Å². The number of para-hydroxylation sites is 2. The summed E-state index contributed by atoms with van der Waals surface area (Å²) in [4.78, 5) is 16.6. The van der Waals surface area contributed by atoms with Gasteiger partial charge in [0.25, 0.3) is 5.91 Å². The lowest BCUT2D eigenvalue weighted by Crippen LogP contribution is -2.20. The van der Waals surface area contributed by atoms with Gasteiger partial charge in [-0.1, -0.05) is 12.1 Å². The predicted octanol–water partition coefficient (Wildman–Crippen LogP) is 3.61. The maximum atomic E-state index is 12.2. The Balaban J connectivity index is 1.38. The van der Waals surface area contributed by atoms with Crippen LogP contribution in [0.2, 0.25) is 0 Å². The second-order valence-electron chi connectivity index (χ2n) is 5.88. The second kappa shape index (κ2) is 8.18. The van der Waals surface area contributed by atoms with Crippen LogP contribution in [0.4, 0.5) is 5.13 Å². The summed E-state index contributed by atoms with van der Waals surface area (Å²) in [6.45, 7) is 0.941. The third-order valence-corrected chi connectivity index (χ3v) is 4.77. The second-order valence-corrected chi connectivity index (χ2v) is 6.74. The van der Waals surface area contributed by atoms with Gasteiger partial charge in [-0.2, -0.15) is 0 Å². The average Bonchev–Trinajstić information content (AvgIpc) is 3.20. The zero-order valence-corrected chi connectivity index (χ0v) is 16.0. The molecule has 3 aromatic rings. The summed E-state index contributed by atoms with van der Waals surface area (Å²) in [5.41, 5.74) is 1.65. The number of aromatic nitrogens is 1. The Morgan fingerprint density at radius 1 is 1.14 bits per heavy atom. The Bertz CT molecular complexity index is 988. The van der Waals surface area contributed by atoms with Gasteiger partial charge >= 0.3 is 0 Å². The van der Waals surface area contributed by atoms with E-state index >= 15 is 0 Å². The minimum atomic E-state index is -0.297. The zero-order valence-electron chi connectivity index (χ0n) is 15.1. The molecule has 0 unspecified atom stereocenters. The van der Waals surface area contributed by atoms with Crippen molar-refractivity contribution in [1.82, 2.24) is 4.98 Å². The Hall–Kier alpha value is -3.26. The summed E-state index contributed by atoms with van der Waals surface area (Å²) in [5, 5.41) is 5.12. The molecular formula is C20H18N2O5S. The molecule has 0 spiro atoms. The summed E-state index contributed by atoms with van der Waals surface area (Å²) in [5.74, 6) is 2.22. The molecule has 0 saturated heterocycles. The first-order valence-corrected chi connectivity index (χ1v) is 9.52. The highest BCUT2D eigenvalue weighted by Gasteiger charge is 2.15. The summed E-state index contributed by atoms with van der Waals surface area (Å²) in [7, 11) is 1.55. The number of carbonyl (C=O) groups is 1. The van der Waals surface area contributed by atoms with E-state index in [0.717, 1.165) is 17.0 Å². The van der Waals surface area contributed by atoms with Gasteiger partial charge in [0.1, 0.15) is 13.2 Å². The lowest BCUT2D eigenvalue weighted by Gasteiger charge is -2.18. The molecule has 0 bridgehead atoms. The number of nitrogens with zero attached hydrogens (tertiary/aromatic N) is 1. The van der Waals surface area contributed by atoms with Crippen molar-refractivity contribution in [1.29, 1.82) is 0 Å². The van der Waals surface area contributed by atoms with Crippen LogP contribution in [0.15, 0.2) is 47.8 Å². The summed E-state index contributed by atoms with van der Waals surface area (Å²) in [6, 6.07) is 12.8. The fourth-order valence-corrected chi connectivity index (χ4v) is 3.44. The maximum absolute atomic E-state index is 12.2. The molecule has 0 aliphatic carbocycles. The molecule has 28 heavy (non-hydrogen) atoms. The smallest absolute Gasteiger partial charge is 0.264 e. The molecule has 1 aliphatic heterocycles. The Morgan fingerprint density at radius 2 is 1.93 bits per heavy atom. The van der Waals surface area contributed by atoms with Gasteiger partial charge in [-0.15, -0.1) is 11.3 Å². The number of nitrogens with one attached hydrogen (secondary N) is 1. The molecule has 1 aliphatic rings. The van der Waals surface area contributed by atoms with Crippen LogP contribution in [0, 0.1) is 0 Å². The number of hydrogen-bond donors (Lipinski definition) is 1. The van der Waals surface area contributed by atoms with E-state index in [1.54, 1.807) is 19.2 Å². The van der Waals surface area contributed by atoms with E-state index in [0.29, 0.717) is 35.6 Å². The molecule has 0 radical (unpaired) electrons. The van der Waals surface area contributed by atoms with Gasteiger partial charge in [0.05, 0.1) is 12.8 Å². The molecule has 1 amide bonds. The van der Waals surface area contributed by atoms with Gasteiger partial charge in [-0.25, -0.2) is 4.98 Å².